The van der Waals surface area contributed by atoms with E-state index >= 15 is 0 Å². The monoisotopic (exact) mass is 316 g/mol. The molecule has 3 heterocycles. The highest BCUT2D eigenvalue weighted by Crippen LogP contribution is 2.37. The van der Waals surface area contributed by atoms with Crippen molar-refractivity contribution in [3.8, 4) is 0 Å². The Morgan fingerprint density at radius 3 is 2.82 bits per heavy atom. The molecule has 1 amide bonds. The van der Waals surface area contributed by atoms with Crippen molar-refractivity contribution in [1.82, 2.24) is 4.90 Å². The summed E-state index contributed by atoms with van der Waals surface area (Å²) in [5.41, 5.74) is 1.71. The lowest BCUT2D eigenvalue weighted by Crippen LogP contribution is -2.50. The van der Waals surface area contributed by atoms with Crippen LogP contribution in [-0.2, 0) is 11.3 Å². The van der Waals surface area contributed by atoms with Crippen LogP contribution >= 0.6 is 11.3 Å². The third-order valence-corrected chi connectivity index (χ3v) is 5.70. The van der Waals surface area contributed by atoms with Gasteiger partial charge in [0.1, 0.15) is 5.82 Å². The van der Waals surface area contributed by atoms with Crippen LogP contribution in [0.15, 0.2) is 35.7 Å². The van der Waals surface area contributed by atoms with Crippen molar-refractivity contribution >= 4 is 22.9 Å². The number of hydrogen-bond acceptors (Lipinski definition) is 3. The van der Waals surface area contributed by atoms with Gasteiger partial charge in [0.2, 0.25) is 5.91 Å². The molecular weight excluding hydrogens is 299 g/mol. The van der Waals surface area contributed by atoms with Crippen LogP contribution in [0.4, 0.5) is 10.1 Å². The van der Waals surface area contributed by atoms with Crippen LogP contribution in [-0.4, -0.2) is 29.4 Å². The molecule has 3 nitrogen and oxygen atoms in total. The number of rotatable bonds is 3. The number of nitrogens with zero attached hydrogens (tertiary/aromatic N) is 2. The van der Waals surface area contributed by atoms with Crippen molar-refractivity contribution in [1.29, 1.82) is 0 Å². The van der Waals surface area contributed by atoms with E-state index in [2.05, 4.69) is 23.3 Å². The molecule has 1 aromatic heterocycles. The number of hydrogen-bond donors (Lipinski definition) is 0. The first-order valence-electron chi connectivity index (χ1n) is 7.50. The number of benzene rings is 1. The first-order valence-corrected chi connectivity index (χ1v) is 8.37. The van der Waals surface area contributed by atoms with Gasteiger partial charge in [0.05, 0.1) is 17.8 Å². The average Bonchev–Trinajstić information content (AvgIpc) is 3.16. The Kier molecular flexibility index (Phi) is 3.27. The summed E-state index contributed by atoms with van der Waals surface area (Å²) >= 11 is 1.74. The Bertz CT molecular complexity index is 729. The van der Waals surface area contributed by atoms with E-state index in [9.17, 15) is 9.18 Å². The zero-order valence-corrected chi connectivity index (χ0v) is 13.1. The van der Waals surface area contributed by atoms with E-state index in [-0.39, 0.29) is 23.8 Å². The number of likely N-dealkylation sites (tertiary alicyclic amines) is 1. The van der Waals surface area contributed by atoms with E-state index < -0.39 is 0 Å². The van der Waals surface area contributed by atoms with Gasteiger partial charge in [-0.05, 0) is 42.5 Å². The summed E-state index contributed by atoms with van der Waals surface area (Å²) in [7, 11) is 0. The maximum atomic E-state index is 14.0. The highest BCUT2D eigenvalue weighted by molar-refractivity contribution is 7.10. The number of anilines is 1. The second kappa shape index (κ2) is 5.18. The van der Waals surface area contributed by atoms with E-state index in [1.54, 1.807) is 34.4 Å². The first-order chi connectivity index (χ1) is 10.6. The van der Waals surface area contributed by atoms with Crippen molar-refractivity contribution in [3.63, 3.8) is 0 Å². The third kappa shape index (κ3) is 2.08. The summed E-state index contributed by atoms with van der Waals surface area (Å²) in [6.07, 6.45) is 0.803. The fourth-order valence-corrected chi connectivity index (χ4v) is 4.48. The number of aryl methyl sites for hydroxylation is 1. The van der Waals surface area contributed by atoms with Crippen molar-refractivity contribution in [2.45, 2.75) is 32.0 Å². The molecule has 1 aromatic carbocycles. The second-order valence-electron chi connectivity index (χ2n) is 6.02. The molecule has 0 unspecified atom stereocenters. The highest BCUT2D eigenvalue weighted by Gasteiger charge is 2.50. The molecule has 0 spiro atoms. The number of carbonyl (C=O) groups excluding carboxylic acids is 1. The number of piperazine rings is 1. The molecule has 22 heavy (non-hydrogen) atoms. The Labute approximate surface area is 133 Å². The van der Waals surface area contributed by atoms with Crippen LogP contribution in [0.1, 0.15) is 16.9 Å². The molecule has 2 fully saturated rings. The van der Waals surface area contributed by atoms with Gasteiger partial charge in [0.25, 0.3) is 0 Å². The van der Waals surface area contributed by atoms with Crippen LogP contribution in [0, 0.1) is 12.7 Å². The number of thiophene rings is 1. The van der Waals surface area contributed by atoms with Crippen molar-refractivity contribution in [3.05, 3.63) is 52.0 Å². The lowest BCUT2D eigenvalue weighted by Gasteiger charge is -2.33. The molecule has 2 aromatic rings. The van der Waals surface area contributed by atoms with Crippen molar-refractivity contribution < 1.29 is 9.18 Å². The van der Waals surface area contributed by atoms with Crippen LogP contribution in [0.5, 0.6) is 0 Å². The molecule has 5 heteroatoms. The molecule has 2 bridgehead atoms. The average molecular weight is 316 g/mol. The summed E-state index contributed by atoms with van der Waals surface area (Å²) in [5.74, 6) is -0.278. The standard InChI is InChI=1S/C17H17FN2OS/c1-11-6-7-22-16(11)10-19-9-12-8-15(19)17(21)20(12)14-5-3-2-4-13(14)18/h2-7,12,15H,8-10H2,1H3/t12-,15-/m0/s1. The number of para-hydroxylation sites is 1. The maximum Gasteiger partial charge on any atom is 0.244 e. The van der Waals surface area contributed by atoms with Crippen LogP contribution < -0.4 is 4.90 Å². The van der Waals surface area contributed by atoms with Crippen LogP contribution in [0.3, 0.4) is 0 Å². The molecule has 2 aliphatic rings. The number of carbonyl (C=O) groups is 1. The van der Waals surface area contributed by atoms with Gasteiger partial charge in [0.15, 0.2) is 0 Å². The van der Waals surface area contributed by atoms with Gasteiger partial charge in [-0.15, -0.1) is 11.3 Å². The maximum absolute atomic E-state index is 14.0. The van der Waals surface area contributed by atoms with Crippen LogP contribution in [0.2, 0.25) is 0 Å². The summed E-state index contributed by atoms with van der Waals surface area (Å²) < 4.78 is 14.0. The van der Waals surface area contributed by atoms with Gasteiger partial charge in [0, 0.05) is 18.0 Å². The minimum Gasteiger partial charge on any atom is -0.304 e. The third-order valence-electron chi connectivity index (χ3n) is 4.70. The molecule has 0 radical (unpaired) electrons. The fourth-order valence-electron chi connectivity index (χ4n) is 3.55. The smallest absolute Gasteiger partial charge is 0.244 e. The molecule has 4 rings (SSSR count). The second-order valence-corrected chi connectivity index (χ2v) is 7.02. The van der Waals surface area contributed by atoms with Gasteiger partial charge in [-0.2, -0.15) is 0 Å². The SMILES string of the molecule is Cc1ccsc1CN1C[C@@H]2C[C@H]1C(=O)N2c1ccccc1F. The normalized spacial score (nSPS) is 24.5. The van der Waals surface area contributed by atoms with Gasteiger partial charge >= 0.3 is 0 Å². The Balaban J connectivity index is 1.56. The Morgan fingerprint density at radius 1 is 1.32 bits per heavy atom. The van der Waals surface area contributed by atoms with E-state index in [1.165, 1.54) is 16.5 Å². The molecule has 0 saturated carbocycles. The predicted octanol–water partition coefficient (Wildman–Crippen LogP) is 3.19. The molecular formula is C17H17FN2OS. The topological polar surface area (TPSA) is 23.6 Å². The molecule has 0 N–H and O–H groups in total. The predicted molar refractivity (Wildman–Crippen MR) is 85.5 cm³/mol. The largest absolute Gasteiger partial charge is 0.304 e. The van der Waals surface area contributed by atoms with Gasteiger partial charge in [-0.3, -0.25) is 9.69 Å². The summed E-state index contributed by atoms with van der Waals surface area (Å²) in [5, 5.41) is 2.09. The van der Waals surface area contributed by atoms with Gasteiger partial charge < -0.3 is 4.90 Å². The van der Waals surface area contributed by atoms with Gasteiger partial charge in [-0.1, -0.05) is 12.1 Å². The fraction of sp³-hybridized carbons (Fsp3) is 0.353. The molecule has 2 saturated heterocycles. The van der Waals surface area contributed by atoms with E-state index in [0.29, 0.717) is 5.69 Å². The number of fused-ring (bicyclic) bond motifs is 2. The summed E-state index contributed by atoms with van der Waals surface area (Å²) in [6.45, 7) is 3.75. The quantitative estimate of drug-likeness (QED) is 0.868. The van der Waals surface area contributed by atoms with E-state index in [0.717, 1.165) is 19.5 Å². The van der Waals surface area contributed by atoms with E-state index in [1.807, 2.05) is 0 Å². The number of halogens is 1. The first kappa shape index (κ1) is 13.9. The molecule has 0 aliphatic carbocycles. The Morgan fingerprint density at radius 2 is 2.14 bits per heavy atom. The summed E-state index contributed by atoms with van der Waals surface area (Å²) in [6, 6.07) is 8.65. The minimum absolute atomic E-state index is 0.0376. The van der Waals surface area contributed by atoms with Crippen molar-refractivity contribution in [2.75, 3.05) is 11.4 Å². The minimum atomic E-state index is -0.316. The lowest BCUT2D eigenvalue weighted by atomic mass is 10.2. The van der Waals surface area contributed by atoms with E-state index in [4.69, 9.17) is 0 Å². The highest BCUT2D eigenvalue weighted by atomic mass is 32.1. The zero-order chi connectivity index (χ0) is 15.3. The Hall–Kier alpha value is -1.72. The molecule has 114 valence electrons. The van der Waals surface area contributed by atoms with Crippen molar-refractivity contribution in [2.24, 2.45) is 0 Å². The molecule has 2 atom stereocenters. The van der Waals surface area contributed by atoms with Crippen LogP contribution in [0.25, 0.3) is 0 Å². The lowest BCUT2D eigenvalue weighted by molar-refractivity contribution is -0.122. The zero-order valence-electron chi connectivity index (χ0n) is 12.3. The number of amides is 1. The van der Waals surface area contributed by atoms with Gasteiger partial charge in [-0.25, -0.2) is 4.39 Å². The molecule has 2 aliphatic heterocycles. The summed E-state index contributed by atoms with van der Waals surface area (Å²) in [4.78, 5) is 17.9.